The number of nitrogens with zero attached hydrogens (tertiary/aromatic N) is 5. The van der Waals surface area contributed by atoms with Crippen molar-refractivity contribution in [2.45, 2.75) is 13.0 Å². The van der Waals surface area contributed by atoms with E-state index in [2.05, 4.69) is 15.3 Å². The molecule has 0 aliphatic carbocycles. The molecule has 0 unspecified atom stereocenters. The highest BCUT2D eigenvalue weighted by atomic mass is 32.1. The molecule has 0 saturated carbocycles. The van der Waals surface area contributed by atoms with Gasteiger partial charge in [-0.25, -0.2) is 9.67 Å². The Hall–Kier alpha value is -2.78. The lowest BCUT2D eigenvalue weighted by atomic mass is 10.3. The van der Waals surface area contributed by atoms with E-state index in [0.717, 1.165) is 31.3 Å². The predicted molar refractivity (Wildman–Crippen MR) is 103 cm³/mol. The summed E-state index contributed by atoms with van der Waals surface area (Å²) in [5, 5.41) is 15.2. The van der Waals surface area contributed by atoms with Crippen LogP contribution in [0.15, 0.2) is 40.8 Å². The van der Waals surface area contributed by atoms with Crippen LogP contribution >= 0.6 is 22.7 Å². The number of hydrogen-bond acceptors (Lipinski definition) is 6. The highest BCUT2D eigenvalue weighted by molar-refractivity contribution is 7.19. The van der Waals surface area contributed by atoms with Crippen molar-refractivity contribution in [1.29, 1.82) is 0 Å². The number of thiophene rings is 1. The first kappa shape index (κ1) is 15.5. The molecule has 0 bridgehead atoms. The first-order valence-corrected chi connectivity index (χ1v) is 9.75. The fraction of sp³-hybridized carbons (Fsp3) is 0.176. The molecule has 0 amide bonds. The molecule has 26 heavy (non-hydrogen) atoms. The Kier molecular flexibility index (Phi) is 3.50. The molecule has 1 N–H and O–H groups in total. The van der Waals surface area contributed by atoms with Crippen molar-refractivity contribution >= 4 is 43.9 Å². The van der Waals surface area contributed by atoms with Gasteiger partial charge in [0.05, 0.1) is 17.4 Å². The van der Waals surface area contributed by atoms with Crippen LogP contribution in [0, 0.1) is 0 Å². The summed E-state index contributed by atoms with van der Waals surface area (Å²) in [7, 11) is 1.89. The van der Waals surface area contributed by atoms with E-state index in [1.165, 1.54) is 4.68 Å². The quantitative estimate of drug-likeness (QED) is 0.518. The van der Waals surface area contributed by atoms with Gasteiger partial charge in [0.25, 0.3) is 5.56 Å². The molecule has 9 heteroatoms. The number of aromatic nitrogens is 6. The number of fused-ring (bicyclic) bond motifs is 3. The van der Waals surface area contributed by atoms with Crippen molar-refractivity contribution in [3.05, 3.63) is 61.9 Å². The summed E-state index contributed by atoms with van der Waals surface area (Å²) in [4.78, 5) is 18.8. The van der Waals surface area contributed by atoms with Crippen LogP contribution < -0.4 is 5.56 Å². The summed E-state index contributed by atoms with van der Waals surface area (Å²) in [5.74, 6) is 0. The van der Waals surface area contributed by atoms with Crippen molar-refractivity contribution < 1.29 is 0 Å². The summed E-state index contributed by atoms with van der Waals surface area (Å²) in [5.41, 5.74) is 2.41. The summed E-state index contributed by atoms with van der Waals surface area (Å²) in [6, 6.07) is 5.93. The molecule has 5 aromatic heterocycles. The van der Waals surface area contributed by atoms with Crippen LogP contribution in [0.2, 0.25) is 0 Å². The molecular formula is C17H14N6OS2. The molecule has 0 aliphatic rings. The van der Waals surface area contributed by atoms with Crippen molar-refractivity contribution in [2.24, 2.45) is 7.05 Å². The second-order valence-corrected chi connectivity index (χ2v) is 8.14. The fourth-order valence-corrected chi connectivity index (χ4v) is 4.93. The zero-order valence-corrected chi connectivity index (χ0v) is 15.5. The molecular weight excluding hydrogens is 368 g/mol. The molecule has 0 aliphatic heterocycles. The lowest BCUT2D eigenvalue weighted by Crippen LogP contribution is -2.24. The third-order valence-electron chi connectivity index (χ3n) is 4.36. The smallest absolute Gasteiger partial charge is 0.291 e. The first-order valence-electron chi connectivity index (χ1n) is 8.05. The highest BCUT2D eigenvalue weighted by Gasteiger charge is 2.18. The Bertz CT molecular complexity index is 1260. The molecule has 0 aromatic carbocycles. The Morgan fingerprint density at radius 3 is 3.00 bits per heavy atom. The lowest BCUT2D eigenvalue weighted by molar-refractivity contribution is 0.650. The van der Waals surface area contributed by atoms with Gasteiger partial charge in [0.15, 0.2) is 5.65 Å². The molecule has 0 atom stereocenters. The standard InChI is InChI=1S/C17H14N6OS2/c1-22-14-12(8-19-23(17(14)24)9-11-3-2-6-25-11)15-16(22)20-13(26-15)7-10-4-5-18-21-10/h2-6,8H,7,9H2,1H3,(H,18,21). The predicted octanol–water partition coefficient (Wildman–Crippen LogP) is 2.77. The third kappa shape index (κ3) is 2.39. The van der Waals surface area contributed by atoms with Crippen molar-refractivity contribution in [3.8, 4) is 0 Å². The van der Waals surface area contributed by atoms with E-state index >= 15 is 0 Å². The molecule has 130 valence electrons. The normalized spacial score (nSPS) is 11.7. The number of H-pyrrole nitrogens is 1. The van der Waals surface area contributed by atoms with Gasteiger partial charge in [-0.3, -0.25) is 9.89 Å². The topological polar surface area (TPSA) is 81.4 Å². The van der Waals surface area contributed by atoms with Crippen LogP contribution in [0.3, 0.4) is 0 Å². The minimum absolute atomic E-state index is 0.0845. The lowest BCUT2D eigenvalue weighted by Gasteiger charge is -2.04. The average molecular weight is 382 g/mol. The van der Waals surface area contributed by atoms with E-state index in [-0.39, 0.29) is 5.56 Å². The van der Waals surface area contributed by atoms with Gasteiger partial charge in [-0.15, -0.1) is 22.7 Å². The molecule has 0 saturated heterocycles. The number of aromatic amines is 1. The maximum absolute atomic E-state index is 12.9. The Balaban J connectivity index is 1.62. The summed E-state index contributed by atoms with van der Waals surface area (Å²) in [6.45, 7) is 0.490. The highest BCUT2D eigenvalue weighted by Crippen LogP contribution is 2.31. The summed E-state index contributed by atoms with van der Waals surface area (Å²) < 4.78 is 4.40. The van der Waals surface area contributed by atoms with Gasteiger partial charge in [-0.05, 0) is 17.5 Å². The summed E-state index contributed by atoms with van der Waals surface area (Å²) >= 11 is 3.22. The van der Waals surface area contributed by atoms with Crippen LogP contribution in [0.25, 0.3) is 21.3 Å². The van der Waals surface area contributed by atoms with E-state index in [9.17, 15) is 4.79 Å². The maximum atomic E-state index is 12.9. The Morgan fingerprint density at radius 1 is 1.31 bits per heavy atom. The van der Waals surface area contributed by atoms with Crippen molar-refractivity contribution in [3.63, 3.8) is 0 Å². The van der Waals surface area contributed by atoms with Gasteiger partial charge in [0.1, 0.15) is 10.5 Å². The third-order valence-corrected chi connectivity index (χ3v) is 6.29. The average Bonchev–Trinajstić information content (AvgIpc) is 3.39. The molecule has 5 heterocycles. The largest absolute Gasteiger partial charge is 0.323 e. The SMILES string of the molecule is Cn1c2nc(Cc3ccn[nH]3)sc2c2cnn(Cc3cccs3)c(=O)c21. The molecule has 0 spiro atoms. The van der Waals surface area contributed by atoms with Crippen LogP contribution in [-0.2, 0) is 20.0 Å². The van der Waals surface area contributed by atoms with Crippen LogP contribution in [0.1, 0.15) is 15.6 Å². The van der Waals surface area contributed by atoms with Crippen LogP contribution in [-0.4, -0.2) is 29.5 Å². The second kappa shape index (κ2) is 5.89. The molecule has 5 aromatic rings. The molecule has 7 nitrogen and oxygen atoms in total. The van der Waals surface area contributed by atoms with Gasteiger partial charge < -0.3 is 4.57 Å². The monoisotopic (exact) mass is 382 g/mol. The zero-order valence-electron chi connectivity index (χ0n) is 13.8. The van der Waals surface area contributed by atoms with Gasteiger partial charge in [0.2, 0.25) is 0 Å². The van der Waals surface area contributed by atoms with Crippen LogP contribution in [0.5, 0.6) is 0 Å². The zero-order chi connectivity index (χ0) is 17.7. The minimum atomic E-state index is -0.0845. The second-order valence-electron chi connectivity index (χ2n) is 6.03. The van der Waals surface area contributed by atoms with E-state index in [1.807, 2.05) is 35.2 Å². The minimum Gasteiger partial charge on any atom is -0.323 e. The number of aryl methyl sites for hydroxylation is 1. The van der Waals surface area contributed by atoms with Gasteiger partial charge >= 0.3 is 0 Å². The van der Waals surface area contributed by atoms with E-state index < -0.39 is 0 Å². The molecule has 5 rings (SSSR count). The van der Waals surface area contributed by atoms with Crippen molar-refractivity contribution in [2.75, 3.05) is 0 Å². The number of nitrogens with one attached hydrogen (secondary N) is 1. The molecule has 0 radical (unpaired) electrons. The fourth-order valence-electron chi connectivity index (χ4n) is 3.12. The maximum Gasteiger partial charge on any atom is 0.291 e. The van der Waals surface area contributed by atoms with E-state index in [4.69, 9.17) is 4.98 Å². The van der Waals surface area contributed by atoms with Crippen LogP contribution in [0.4, 0.5) is 0 Å². The van der Waals surface area contributed by atoms with E-state index in [1.54, 1.807) is 35.1 Å². The van der Waals surface area contributed by atoms with Gasteiger partial charge in [0, 0.05) is 35.6 Å². The number of rotatable bonds is 4. The number of thiazole rings is 1. The number of hydrogen-bond donors (Lipinski definition) is 1. The first-order chi connectivity index (χ1) is 12.7. The van der Waals surface area contributed by atoms with Crippen molar-refractivity contribution in [1.82, 2.24) is 29.5 Å². The van der Waals surface area contributed by atoms with Gasteiger partial charge in [-0.1, -0.05) is 6.07 Å². The molecule has 0 fully saturated rings. The Morgan fingerprint density at radius 2 is 2.23 bits per heavy atom. The Labute approximate surface area is 155 Å². The van der Waals surface area contributed by atoms with Gasteiger partial charge in [-0.2, -0.15) is 10.2 Å². The van der Waals surface area contributed by atoms with E-state index in [0.29, 0.717) is 18.5 Å². The summed E-state index contributed by atoms with van der Waals surface area (Å²) in [6.07, 6.45) is 4.21.